The summed E-state index contributed by atoms with van der Waals surface area (Å²) in [6, 6.07) is 5.32. The van der Waals surface area contributed by atoms with Gasteiger partial charge < -0.3 is 9.64 Å². The highest BCUT2D eigenvalue weighted by molar-refractivity contribution is 7.99. The van der Waals surface area contributed by atoms with E-state index < -0.39 is 23.4 Å². The molecule has 0 bridgehead atoms. The van der Waals surface area contributed by atoms with E-state index in [2.05, 4.69) is 9.97 Å². The Labute approximate surface area is 177 Å². The molecule has 1 amide bonds. The molecule has 0 aliphatic carbocycles. The van der Waals surface area contributed by atoms with Crippen LogP contribution in [0.5, 0.6) is 0 Å². The van der Waals surface area contributed by atoms with Gasteiger partial charge in [-0.25, -0.2) is 14.8 Å². The van der Waals surface area contributed by atoms with Crippen LogP contribution in [0.4, 0.5) is 18.0 Å². The van der Waals surface area contributed by atoms with Gasteiger partial charge >= 0.3 is 12.3 Å². The van der Waals surface area contributed by atoms with Crippen molar-refractivity contribution in [1.82, 2.24) is 14.9 Å². The second kappa shape index (κ2) is 8.67. The molecule has 0 radical (unpaired) electrons. The van der Waals surface area contributed by atoms with E-state index in [0.717, 1.165) is 29.5 Å². The van der Waals surface area contributed by atoms with Gasteiger partial charge in [0.25, 0.3) is 0 Å². The van der Waals surface area contributed by atoms with E-state index in [-0.39, 0.29) is 0 Å². The van der Waals surface area contributed by atoms with Gasteiger partial charge in [-0.2, -0.15) is 13.2 Å². The number of carbonyl (C=O) groups excluding carboxylic acids is 1. The van der Waals surface area contributed by atoms with E-state index >= 15 is 0 Å². The maximum absolute atomic E-state index is 13.2. The molecule has 3 rings (SSSR count). The van der Waals surface area contributed by atoms with Gasteiger partial charge in [0.05, 0.1) is 5.56 Å². The summed E-state index contributed by atoms with van der Waals surface area (Å²) in [7, 11) is 0. The van der Waals surface area contributed by atoms with Crippen molar-refractivity contribution in [3.63, 3.8) is 0 Å². The maximum Gasteiger partial charge on any atom is 0.416 e. The van der Waals surface area contributed by atoms with Gasteiger partial charge in [-0.15, -0.1) is 0 Å². The Morgan fingerprint density at radius 1 is 1.17 bits per heavy atom. The lowest BCUT2D eigenvalue weighted by atomic mass is 9.98. The van der Waals surface area contributed by atoms with Crippen LogP contribution in [-0.4, -0.2) is 39.7 Å². The number of halogens is 3. The molecule has 0 saturated carbocycles. The van der Waals surface area contributed by atoms with E-state index in [4.69, 9.17) is 4.74 Å². The van der Waals surface area contributed by atoms with Crippen molar-refractivity contribution in [1.29, 1.82) is 0 Å². The van der Waals surface area contributed by atoms with E-state index in [9.17, 15) is 18.0 Å². The molecule has 1 aromatic carbocycles. The minimum atomic E-state index is -4.44. The smallest absolute Gasteiger partial charge is 0.416 e. The summed E-state index contributed by atoms with van der Waals surface area (Å²) in [5, 5.41) is 0.366. The van der Waals surface area contributed by atoms with Crippen LogP contribution in [0, 0.1) is 0 Å². The average molecular weight is 437 g/mol. The second-order valence-electron chi connectivity index (χ2n) is 7.75. The molecule has 0 fully saturated rings. The lowest BCUT2D eigenvalue weighted by Crippen LogP contribution is -2.39. The molecule has 30 heavy (non-hydrogen) atoms. The number of hydrogen-bond donors (Lipinski definition) is 0. The van der Waals surface area contributed by atoms with Crippen LogP contribution in [0.1, 0.15) is 38.3 Å². The second-order valence-corrected chi connectivity index (χ2v) is 8.76. The van der Waals surface area contributed by atoms with Crippen LogP contribution in [0.15, 0.2) is 52.8 Å². The Balaban J connectivity index is 1.87. The third-order valence-electron chi connectivity index (χ3n) is 4.26. The monoisotopic (exact) mass is 437 g/mol. The minimum Gasteiger partial charge on any atom is -0.444 e. The normalized spacial score (nSPS) is 15.0. The van der Waals surface area contributed by atoms with Gasteiger partial charge in [-0.1, -0.05) is 12.1 Å². The minimum absolute atomic E-state index is 0.331. The number of ether oxygens (including phenoxy) is 1. The zero-order valence-electron chi connectivity index (χ0n) is 16.9. The summed E-state index contributed by atoms with van der Waals surface area (Å²) in [5.74, 6) is 0. The lowest BCUT2D eigenvalue weighted by Gasteiger charge is -2.30. The summed E-state index contributed by atoms with van der Waals surface area (Å²) in [4.78, 5) is 22.5. The molecule has 5 nitrogen and oxygen atoms in total. The molecule has 160 valence electrons. The number of alkyl halides is 3. The third kappa shape index (κ3) is 5.75. The molecule has 0 unspecified atom stereocenters. The van der Waals surface area contributed by atoms with Gasteiger partial charge in [0.1, 0.15) is 5.60 Å². The first-order valence-electron chi connectivity index (χ1n) is 9.36. The van der Waals surface area contributed by atoms with Gasteiger partial charge in [-0.3, -0.25) is 0 Å². The van der Waals surface area contributed by atoms with Gasteiger partial charge in [0.15, 0.2) is 5.16 Å². The van der Waals surface area contributed by atoms with Crippen molar-refractivity contribution in [2.24, 2.45) is 0 Å². The fraction of sp³-hybridized carbons (Fsp3) is 0.381. The van der Waals surface area contributed by atoms with Crippen LogP contribution in [0.2, 0.25) is 0 Å². The molecule has 9 heteroatoms. The number of carbonyl (C=O) groups is 1. The number of rotatable bonds is 3. The quantitative estimate of drug-likeness (QED) is 0.579. The molecule has 0 N–H and O–H groups in total. The Morgan fingerprint density at radius 3 is 2.43 bits per heavy atom. The maximum atomic E-state index is 13.2. The SMILES string of the molecule is CC(C)(C)OC(=O)N1CC=C(c2ccc(C(F)(F)F)cc2Sc2ncccn2)CC1. The molecule has 0 saturated heterocycles. The first-order valence-corrected chi connectivity index (χ1v) is 10.2. The van der Waals surface area contributed by atoms with Crippen molar-refractivity contribution in [2.45, 2.75) is 49.0 Å². The molecule has 0 atom stereocenters. The Morgan fingerprint density at radius 2 is 1.87 bits per heavy atom. The summed E-state index contributed by atoms with van der Waals surface area (Å²) >= 11 is 1.08. The highest BCUT2D eigenvalue weighted by atomic mass is 32.2. The van der Waals surface area contributed by atoms with Gasteiger partial charge in [0, 0.05) is 30.4 Å². The summed E-state index contributed by atoms with van der Waals surface area (Å²) in [6.45, 7) is 6.15. The summed E-state index contributed by atoms with van der Waals surface area (Å²) < 4.78 is 45.1. The molecule has 1 aliphatic heterocycles. The lowest BCUT2D eigenvalue weighted by molar-refractivity contribution is -0.137. The predicted molar refractivity (Wildman–Crippen MR) is 108 cm³/mol. The fourth-order valence-electron chi connectivity index (χ4n) is 2.89. The van der Waals surface area contributed by atoms with Crippen molar-refractivity contribution in [3.05, 3.63) is 53.9 Å². The van der Waals surface area contributed by atoms with Crippen molar-refractivity contribution in [3.8, 4) is 0 Å². The zero-order valence-corrected chi connectivity index (χ0v) is 17.7. The third-order valence-corrected chi connectivity index (χ3v) is 5.21. The highest BCUT2D eigenvalue weighted by Crippen LogP contribution is 2.39. The molecular weight excluding hydrogens is 415 g/mol. The van der Waals surface area contributed by atoms with Crippen molar-refractivity contribution >= 4 is 23.4 Å². The first kappa shape index (κ1) is 22.1. The van der Waals surface area contributed by atoms with Crippen LogP contribution in [0.3, 0.4) is 0 Å². The largest absolute Gasteiger partial charge is 0.444 e. The van der Waals surface area contributed by atoms with Crippen LogP contribution in [-0.2, 0) is 10.9 Å². The van der Waals surface area contributed by atoms with Crippen molar-refractivity contribution < 1.29 is 22.7 Å². The molecule has 2 aromatic rings. The van der Waals surface area contributed by atoms with Crippen molar-refractivity contribution in [2.75, 3.05) is 13.1 Å². The summed E-state index contributed by atoms with van der Waals surface area (Å²) in [5.41, 5.74) is 0.247. The number of hydrogen-bond acceptors (Lipinski definition) is 5. The Kier molecular flexibility index (Phi) is 6.40. The van der Waals surface area contributed by atoms with Gasteiger partial charge in [-0.05, 0) is 68.3 Å². The number of aromatic nitrogens is 2. The average Bonchev–Trinajstić information content (AvgIpc) is 2.67. The zero-order chi connectivity index (χ0) is 21.9. The molecule has 2 heterocycles. The van der Waals surface area contributed by atoms with Crippen LogP contribution >= 0.6 is 11.8 Å². The van der Waals surface area contributed by atoms with Crippen LogP contribution in [0.25, 0.3) is 5.57 Å². The topological polar surface area (TPSA) is 55.3 Å². The standard InChI is InChI=1S/C21H22F3N3O2S/c1-20(2,3)29-19(28)27-11-7-14(8-12-27)16-6-5-15(21(22,23)24)13-17(16)30-18-25-9-4-10-26-18/h4-7,9-10,13H,8,11-12H2,1-3H3. The number of nitrogens with zero attached hydrogens (tertiary/aromatic N) is 3. The van der Waals surface area contributed by atoms with Gasteiger partial charge in [0.2, 0.25) is 0 Å². The molecule has 0 spiro atoms. The molecular formula is C21H22F3N3O2S. The van der Waals surface area contributed by atoms with E-state index in [1.165, 1.54) is 6.07 Å². The van der Waals surface area contributed by atoms with Crippen LogP contribution < -0.4 is 0 Å². The predicted octanol–water partition coefficient (Wildman–Crippen LogP) is 5.67. The van der Waals surface area contributed by atoms with E-state index in [1.54, 1.807) is 44.1 Å². The van der Waals surface area contributed by atoms with E-state index in [0.29, 0.717) is 35.1 Å². The molecule has 1 aromatic heterocycles. The van der Waals surface area contributed by atoms with E-state index in [1.807, 2.05) is 6.08 Å². The first-order chi connectivity index (χ1) is 14.0. The summed E-state index contributed by atoms with van der Waals surface area (Å²) in [6.07, 6.45) is 0.597. The molecule has 1 aliphatic rings. The number of amides is 1. The number of benzene rings is 1. The Bertz CT molecular complexity index is 941. The Hall–Kier alpha value is -2.55. The fourth-order valence-corrected chi connectivity index (χ4v) is 3.81. The highest BCUT2D eigenvalue weighted by Gasteiger charge is 2.32.